The van der Waals surface area contributed by atoms with Gasteiger partial charge in [-0.25, -0.2) is 0 Å². The third-order valence-corrected chi connectivity index (χ3v) is 1.85. The van der Waals surface area contributed by atoms with E-state index in [1.54, 1.807) is 0 Å². The van der Waals surface area contributed by atoms with E-state index in [9.17, 15) is 0 Å². The molecule has 1 rings (SSSR count). The van der Waals surface area contributed by atoms with Crippen LogP contribution in [0.4, 0.5) is 0 Å². The zero-order valence-corrected chi connectivity index (χ0v) is 8.38. The highest BCUT2D eigenvalue weighted by Gasteiger charge is 1.90. The van der Waals surface area contributed by atoms with Crippen LogP contribution in [0, 0.1) is 11.8 Å². The van der Waals surface area contributed by atoms with Gasteiger partial charge in [0.05, 0.1) is 6.54 Å². The smallest absolute Gasteiger partial charge is 0.0577 e. The fourth-order valence-corrected chi connectivity index (χ4v) is 1.12. The Morgan fingerprint density at radius 3 is 2.57 bits per heavy atom. The lowest BCUT2D eigenvalue weighted by Crippen LogP contribution is -2.04. The molecule has 0 amide bonds. The highest BCUT2D eigenvalue weighted by molar-refractivity contribution is 5.36. The van der Waals surface area contributed by atoms with Gasteiger partial charge in [0.2, 0.25) is 0 Å². The second-order valence-corrected chi connectivity index (χ2v) is 3.00. The van der Waals surface area contributed by atoms with Crippen LogP contribution < -0.4 is 5.32 Å². The highest BCUT2D eigenvalue weighted by Crippen LogP contribution is 2.03. The Kier molecular flexibility index (Phi) is 4.77. The predicted octanol–water partition coefficient (Wildman–Crippen LogP) is 0.792. The van der Waals surface area contributed by atoms with Gasteiger partial charge in [-0.15, -0.1) is 0 Å². The molecule has 1 aromatic rings. The fraction of sp³-hybridized carbons (Fsp3) is 0.333. The van der Waals surface area contributed by atoms with Crippen LogP contribution in [-0.2, 0) is 6.42 Å². The molecule has 0 radical (unpaired) electrons. The van der Waals surface area contributed by atoms with Crippen molar-refractivity contribution in [3.05, 3.63) is 35.4 Å². The monoisotopic (exact) mass is 189 g/mol. The van der Waals surface area contributed by atoms with Crippen molar-refractivity contribution >= 4 is 0 Å². The molecular weight excluding hydrogens is 174 g/mol. The molecule has 2 N–H and O–H groups in total. The molecule has 0 saturated heterocycles. The first kappa shape index (κ1) is 10.8. The topological polar surface area (TPSA) is 32.3 Å². The summed E-state index contributed by atoms with van der Waals surface area (Å²) in [4.78, 5) is 0. The normalized spacial score (nSPS) is 9.29. The van der Waals surface area contributed by atoms with Crippen molar-refractivity contribution in [3.63, 3.8) is 0 Å². The molecule has 0 aromatic heterocycles. The maximum Gasteiger partial charge on any atom is 0.0577 e. The van der Waals surface area contributed by atoms with E-state index in [2.05, 4.69) is 17.2 Å². The SMILES string of the molecule is CNCC#Cc1ccc(CCO)cc1. The zero-order valence-electron chi connectivity index (χ0n) is 8.38. The lowest BCUT2D eigenvalue weighted by molar-refractivity contribution is 0.299. The zero-order chi connectivity index (χ0) is 10.2. The highest BCUT2D eigenvalue weighted by atomic mass is 16.2. The summed E-state index contributed by atoms with van der Waals surface area (Å²) in [6.07, 6.45) is 0.713. The predicted molar refractivity (Wildman–Crippen MR) is 58.0 cm³/mol. The molecule has 2 heteroatoms. The summed E-state index contributed by atoms with van der Waals surface area (Å²) < 4.78 is 0. The molecule has 0 saturated carbocycles. The molecule has 1 aromatic carbocycles. The Hall–Kier alpha value is -1.30. The van der Waals surface area contributed by atoms with E-state index in [4.69, 9.17) is 5.11 Å². The molecule has 0 spiro atoms. The van der Waals surface area contributed by atoms with Crippen molar-refractivity contribution in [2.45, 2.75) is 6.42 Å². The van der Waals surface area contributed by atoms with Crippen LogP contribution in [0.5, 0.6) is 0 Å². The summed E-state index contributed by atoms with van der Waals surface area (Å²) in [5.41, 5.74) is 2.16. The van der Waals surface area contributed by atoms with Gasteiger partial charge in [0.25, 0.3) is 0 Å². The third kappa shape index (κ3) is 3.61. The van der Waals surface area contributed by atoms with Gasteiger partial charge in [-0.1, -0.05) is 24.0 Å². The number of rotatable bonds is 3. The van der Waals surface area contributed by atoms with Gasteiger partial charge in [-0.05, 0) is 31.2 Å². The average Bonchev–Trinajstić information content (AvgIpc) is 2.21. The van der Waals surface area contributed by atoms with Crippen molar-refractivity contribution in [1.29, 1.82) is 0 Å². The van der Waals surface area contributed by atoms with Crippen LogP contribution >= 0.6 is 0 Å². The molecule has 0 unspecified atom stereocenters. The second-order valence-electron chi connectivity index (χ2n) is 3.00. The Bertz CT molecular complexity index is 318. The molecule has 2 nitrogen and oxygen atoms in total. The quantitative estimate of drug-likeness (QED) is 0.689. The molecular formula is C12H15NO. The first-order valence-corrected chi connectivity index (χ1v) is 4.70. The Labute approximate surface area is 85.0 Å². The van der Waals surface area contributed by atoms with E-state index in [0.717, 1.165) is 11.1 Å². The van der Waals surface area contributed by atoms with E-state index in [-0.39, 0.29) is 6.61 Å². The number of nitrogens with one attached hydrogen (secondary N) is 1. The minimum Gasteiger partial charge on any atom is -0.396 e. The standard InChI is InChI=1S/C12H15NO/c1-13-9-2-3-11-4-6-12(7-5-11)8-10-14/h4-7,13-14H,8-10H2,1H3. The molecule has 0 bridgehead atoms. The van der Waals surface area contributed by atoms with Gasteiger partial charge in [0.15, 0.2) is 0 Å². The number of aliphatic hydroxyl groups excluding tert-OH is 1. The summed E-state index contributed by atoms with van der Waals surface area (Å²) >= 11 is 0. The molecule has 0 atom stereocenters. The van der Waals surface area contributed by atoms with E-state index in [1.165, 1.54) is 0 Å². The molecule has 0 aliphatic carbocycles. The van der Waals surface area contributed by atoms with Crippen LogP contribution in [0.15, 0.2) is 24.3 Å². The molecule has 0 heterocycles. The van der Waals surface area contributed by atoms with Crippen LogP contribution in [0.25, 0.3) is 0 Å². The maximum atomic E-state index is 8.73. The van der Waals surface area contributed by atoms with Gasteiger partial charge in [-0.3, -0.25) is 0 Å². The lowest BCUT2D eigenvalue weighted by Gasteiger charge is -1.97. The minimum absolute atomic E-state index is 0.199. The lowest BCUT2D eigenvalue weighted by atomic mass is 10.1. The fourth-order valence-electron chi connectivity index (χ4n) is 1.12. The average molecular weight is 189 g/mol. The van der Waals surface area contributed by atoms with Crippen LogP contribution in [0.1, 0.15) is 11.1 Å². The van der Waals surface area contributed by atoms with E-state index in [0.29, 0.717) is 13.0 Å². The van der Waals surface area contributed by atoms with Crippen molar-refractivity contribution in [2.75, 3.05) is 20.2 Å². The first-order valence-electron chi connectivity index (χ1n) is 4.70. The van der Waals surface area contributed by atoms with Gasteiger partial charge in [0, 0.05) is 12.2 Å². The molecule has 0 aliphatic heterocycles. The van der Waals surface area contributed by atoms with Crippen LogP contribution in [0.3, 0.4) is 0 Å². The van der Waals surface area contributed by atoms with Crippen molar-refractivity contribution < 1.29 is 5.11 Å². The van der Waals surface area contributed by atoms with E-state index < -0.39 is 0 Å². The number of benzene rings is 1. The first-order chi connectivity index (χ1) is 6.86. The van der Waals surface area contributed by atoms with Crippen LogP contribution in [-0.4, -0.2) is 25.3 Å². The van der Waals surface area contributed by atoms with Crippen LogP contribution in [0.2, 0.25) is 0 Å². The largest absolute Gasteiger partial charge is 0.396 e. The minimum atomic E-state index is 0.199. The number of hydrogen-bond donors (Lipinski definition) is 2. The van der Waals surface area contributed by atoms with Gasteiger partial charge in [0.1, 0.15) is 0 Å². The summed E-state index contributed by atoms with van der Waals surface area (Å²) in [5.74, 6) is 6.03. The Morgan fingerprint density at radius 1 is 1.29 bits per heavy atom. The summed E-state index contributed by atoms with van der Waals surface area (Å²) in [6, 6.07) is 7.96. The number of aliphatic hydroxyl groups is 1. The summed E-state index contributed by atoms with van der Waals surface area (Å²) in [5, 5.41) is 11.7. The van der Waals surface area contributed by atoms with Gasteiger partial charge in [-0.2, -0.15) is 0 Å². The van der Waals surface area contributed by atoms with Gasteiger partial charge < -0.3 is 10.4 Å². The Morgan fingerprint density at radius 2 is 2.00 bits per heavy atom. The second kappa shape index (κ2) is 6.20. The van der Waals surface area contributed by atoms with Crippen molar-refractivity contribution in [1.82, 2.24) is 5.32 Å². The van der Waals surface area contributed by atoms with Gasteiger partial charge >= 0.3 is 0 Å². The van der Waals surface area contributed by atoms with Crippen molar-refractivity contribution in [3.8, 4) is 11.8 Å². The maximum absolute atomic E-state index is 8.73. The van der Waals surface area contributed by atoms with Crippen molar-refractivity contribution in [2.24, 2.45) is 0 Å². The Balaban J connectivity index is 2.60. The molecule has 0 fully saturated rings. The third-order valence-electron chi connectivity index (χ3n) is 1.85. The van der Waals surface area contributed by atoms with E-state index in [1.807, 2.05) is 31.3 Å². The summed E-state index contributed by atoms with van der Waals surface area (Å²) in [7, 11) is 1.87. The number of hydrogen-bond acceptors (Lipinski definition) is 2. The molecule has 0 aliphatic rings. The van der Waals surface area contributed by atoms with E-state index >= 15 is 0 Å². The molecule has 74 valence electrons. The molecule has 14 heavy (non-hydrogen) atoms. The summed E-state index contributed by atoms with van der Waals surface area (Å²) in [6.45, 7) is 0.906.